The van der Waals surface area contributed by atoms with Gasteiger partial charge in [-0.2, -0.15) is 0 Å². The van der Waals surface area contributed by atoms with Gasteiger partial charge in [-0.25, -0.2) is 8.42 Å². The second kappa shape index (κ2) is 5.49. The van der Waals surface area contributed by atoms with Gasteiger partial charge in [-0.3, -0.25) is 5.21 Å². The van der Waals surface area contributed by atoms with Crippen LogP contribution < -0.4 is 9.47 Å². The van der Waals surface area contributed by atoms with E-state index in [0.717, 1.165) is 4.73 Å². The number of halogens is 1. The van der Waals surface area contributed by atoms with Crippen LogP contribution in [0, 0.1) is 0 Å². The van der Waals surface area contributed by atoms with Crippen LogP contribution in [0.2, 0.25) is 0 Å². The molecule has 1 aromatic heterocycles. The topological polar surface area (TPSA) is 67.5 Å². The third kappa shape index (κ3) is 5.32. The Bertz CT molecular complexity index is 440. The van der Waals surface area contributed by atoms with Crippen molar-refractivity contribution in [3.05, 3.63) is 22.9 Å². The predicted octanol–water partition coefficient (Wildman–Crippen LogP) is 0.787. The van der Waals surface area contributed by atoms with Crippen molar-refractivity contribution in [3.8, 4) is 5.75 Å². The molecule has 1 heterocycles. The Balaban J connectivity index is 2.43. The summed E-state index contributed by atoms with van der Waals surface area (Å²) >= 11 is 3.20. The molecule has 0 aliphatic carbocycles. The lowest BCUT2D eigenvalue weighted by Crippen LogP contribution is -2.28. The summed E-state index contributed by atoms with van der Waals surface area (Å²) in [6, 6.07) is 1.69. The Labute approximate surface area is 103 Å². The fourth-order valence-electron chi connectivity index (χ4n) is 1.09. The summed E-state index contributed by atoms with van der Waals surface area (Å²) in [5.74, 6) is 0.575. The number of hydrogen-bond donors (Lipinski definition) is 1. The number of ether oxygens (including phenoxy) is 1. The summed E-state index contributed by atoms with van der Waals surface area (Å²) in [4.78, 5) is 0. The van der Waals surface area contributed by atoms with Crippen molar-refractivity contribution < 1.29 is 23.1 Å². The third-order valence-electron chi connectivity index (χ3n) is 1.72. The van der Waals surface area contributed by atoms with Crippen LogP contribution in [0.15, 0.2) is 22.9 Å². The molecule has 0 fully saturated rings. The van der Waals surface area contributed by atoms with Crippen molar-refractivity contribution in [2.75, 3.05) is 18.6 Å². The fraction of sp³-hybridized carbons (Fsp3) is 0.444. The number of pyridine rings is 1. The van der Waals surface area contributed by atoms with Crippen LogP contribution in [0.3, 0.4) is 0 Å². The van der Waals surface area contributed by atoms with Gasteiger partial charge in [0.2, 0.25) is 6.20 Å². The lowest BCUT2D eigenvalue weighted by molar-refractivity contribution is -0.905. The van der Waals surface area contributed by atoms with Gasteiger partial charge in [-0.1, -0.05) is 0 Å². The van der Waals surface area contributed by atoms with Crippen molar-refractivity contribution >= 4 is 25.8 Å². The first-order chi connectivity index (χ1) is 7.37. The van der Waals surface area contributed by atoms with Gasteiger partial charge in [0, 0.05) is 17.1 Å². The van der Waals surface area contributed by atoms with Crippen molar-refractivity contribution in [3.63, 3.8) is 0 Å². The van der Waals surface area contributed by atoms with E-state index in [1.54, 1.807) is 6.07 Å². The smallest absolute Gasteiger partial charge is 0.263 e. The summed E-state index contributed by atoms with van der Waals surface area (Å²) in [7, 11) is -2.94. The Morgan fingerprint density at radius 1 is 1.50 bits per heavy atom. The number of rotatable bonds is 5. The van der Waals surface area contributed by atoms with Crippen LogP contribution >= 0.6 is 15.9 Å². The van der Waals surface area contributed by atoms with E-state index in [1.807, 2.05) is 0 Å². The highest BCUT2D eigenvalue weighted by atomic mass is 79.9. The van der Waals surface area contributed by atoms with Crippen molar-refractivity contribution in [1.82, 2.24) is 0 Å². The van der Waals surface area contributed by atoms with Crippen molar-refractivity contribution in [1.29, 1.82) is 0 Å². The number of nitrogens with zero attached hydrogens (tertiary/aromatic N) is 1. The summed E-state index contributed by atoms with van der Waals surface area (Å²) in [6.07, 6.45) is 4.47. The maximum Gasteiger partial charge on any atom is 0.263 e. The summed E-state index contributed by atoms with van der Waals surface area (Å²) in [6.45, 7) is 0.295. The highest BCUT2D eigenvalue weighted by Gasteiger charge is 2.07. The first-order valence-corrected chi connectivity index (χ1v) is 7.44. The lowest BCUT2D eigenvalue weighted by Gasteiger charge is -2.03. The molecule has 1 rings (SSSR count). The molecule has 16 heavy (non-hydrogen) atoms. The van der Waals surface area contributed by atoms with E-state index in [2.05, 4.69) is 15.9 Å². The first-order valence-electron chi connectivity index (χ1n) is 4.58. The fourth-order valence-corrected chi connectivity index (χ4v) is 2.17. The van der Waals surface area contributed by atoms with Gasteiger partial charge >= 0.3 is 0 Å². The highest BCUT2D eigenvalue weighted by molar-refractivity contribution is 9.10. The van der Waals surface area contributed by atoms with Crippen LogP contribution in [-0.2, 0) is 9.84 Å². The molecular weight excluding hydrogens is 298 g/mol. The minimum Gasteiger partial charge on any atom is -0.487 e. The molecule has 0 radical (unpaired) electrons. The zero-order valence-electron chi connectivity index (χ0n) is 8.76. The van der Waals surface area contributed by atoms with Crippen LogP contribution in [0.25, 0.3) is 0 Å². The molecule has 0 atom stereocenters. The molecule has 0 amide bonds. The molecule has 1 aromatic rings. The van der Waals surface area contributed by atoms with E-state index >= 15 is 0 Å². The third-order valence-corrected chi connectivity index (χ3v) is 3.19. The van der Waals surface area contributed by atoms with E-state index in [9.17, 15) is 13.6 Å². The van der Waals surface area contributed by atoms with E-state index in [1.165, 1.54) is 18.6 Å². The lowest BCUT2D eigenvalue weighted by atomic mass is 10.4. The van der Waals surface area contributed by atoms with Gasteiger partial charge in [0.05, 0.1) is 16.8 Å². The molecule has 0 bridgehead atoms. The van der Waals surface area contributed by atoms with E-state index in [0.29, 0.717) is 23.2 Å². The Morgan fingerprint density at radius 3 is 2.75 bits per heavy atom. The standard InChI is InChI=1S/C9H13BrNO4S/c1-16(13,14)4-2-3-15-9-5-8(10)6-11(12)7-9/h5-7,12H,2-4H2,1H3/q+1. The normalized spacial score (nSPS) is 11.4. The van der Waals surface area contributed by atoms with Gasteiger partial charge in [0.1, 0.15) is 9.84 Å². The number of hydrogen-bond acceptors (Lipinski definition) is 4. The monoisotopic (exact) mass is 310 g/mol. The van der Waals surface area contributed by atoms with Crippen LogP contribution in [-0.4, -0.2) is 32.2 Å². The second-order valence-corrected chi connectivity index (χ2v) is 6.58. The Morgan fingerprint density at radius 2 is 2.19 bits per heavy atom. The summed E-state index contributed by atoms with van der Waals surface area (Å²) in [5.41, 5.74) is 0. The van der Waals surface area contributed by atoms with Crippen molar-refractivity contribution in [2.45, 2.75) is 6.42 Å². The quantitative estimate of drug-likeness (QED) is 0.496. The van der Waals surface area contributed by atoms with Crippen LogP contribution in [0.1, 0.15) is 6.42 Å². The van der Waals surface area contributed by atoms with E-state index in [4.69, 9.17) is 4.74 Å². The van der Waals surface area contributed by atoms with Gasteiger partial charge in [0.15, 0.2) is 5.75 Å². The van der Waals surface area contributed by atoms with Crippen molar-refractivity contribution in [2.24, 2.45) is 0 Å². The molecular formula is C9H13BrNO4S+. The molecule has 90 valence electrons. The molecule has 7 heteroatoms. The SMILES string of the molecule is CS(=O)(=O)CCCOc1cc(Br)c[n+](O)c1. The molecule has 0 aliphatic rings. The van der Waals surface area contributed by atoms with Gasteiger partial charge < -0.3 is 4.74 Å². The van der Waals surface area contributed by atoms with Crippen LogP contribution in [0.4, 0.5) is 0 Å². The van der Waals surface area contributed by atoms with Crippen LogP contribution in [0.5, 0.6) is 5.75 Å². The maximum absolute atomic E-state index is 10.8. The zero-order chi connectivity index (χ0) is 12.2. The maximum atomic E-state index is 10.8. The predicted molar refractivity (Wildman–Crippen MR) is 61.3 cm³/mol. The highest BCUT2D eigenvalue weighted by Crippen LogP contribution is 2.14. The average Bonchev–Trinajstić information content (AvgIpc) is 2.09. The second-order valence-electron chi connectivity index (χ2n) is 3.40. The molecule has 1 N–H and O–H groups in total. The molecule has 0 aromatic carbocycles. The first kappa shape index (κ1) is 13.2. The Kier molecular flexibility index (Phi) is 4.55. The summed E-state index contributed by atoms with van der Waals surface area (Å²) in [5, 5.41) is 9.19. The molecule has 0 saturated heterocycles. The molecule has 5 nitrogen and oxygen atoms in total. The molecule has 0 unspecified atom stereocenters. The van der Waals surface area contributed by atoms with Gasteiger partial charge in [0.25, 0.3) is 6.20 Å². The minimum absolute atomic E-state index is 0.0973. The minimum atomic E-state index is -2.94. The van der Waals surface area contributed by atoms with Gasteiger partial charge in [-0.15, -0.1) is 0 Å². The number of sulfone groups is 1. The van der Waals surface area contributed by atoms with E-state index < -0.39 is 9.84 Å². The summed E-state index contributed by atoms with van der Waals surface area (Å²) < 4.78 is 28.5. The van der Waals surface area contributed by atoms with E-state index in [-0.39, 0.29) is 5.75 Å². The number of aromatic nitrogens is 1. The molecule has 0 spiro atoms. The average molecular weight is 311 g/mol. The zero-order valence-corrected chi connectivity index (χ0v) is 11.2. The largest absolute Gasteiger partial charge is 0.487 e. The molecule has 0 aliphatic heterocycles. The van der Waals surface area contributed by atoms with Gasteiger partial charge in [-0.05, 0) is 22.4 Å². The molecule has 0 saturated carbocycles. The Hall–Kier alpha value is -0.820.